The molecule has 2 aromatic rings. The van der Waals surface area contributed by atoms with E-state index in [4.69, 9.17) is 4.74 Å². The Labute approximate surface area is 220 Å². The minimum Gasteiger partial charge on any atom is -0.501 e. The largest absolute Gasteiger partial charge is 0.501 e. The first-order valence-corrected chi connectivity index (χ1v) is 12.4. The van der Waals surface area contributed by atoms with E-state index in [1.54, 1.807) is 60.7 Å². The first-order chi connectivity index (χ1) is 17.7. The Morgan fingerprint density at radius 2 is 1.38 bits per heavy atom. The van der Waals surface area contributed by atoms with Crippen LogP contribution in [0.2, 0.25) is 0 Å². The second-order valence-corrected chi connectivity index (χ2v) is 9.57. The van der Waals surface area contributed by atoms with Crippen LogP contribution in [0.4, 0.5) is 0 Å². The zero-order valence-electron chi connectivity index (χ0n) is 19.7. The molecule has 0 saturated carbocycles. The maximum atomic E-state index is 12.3. The van der Waals surface area contributed by atoms with Gasteiger partial charge in [-0.15, -0.1) is 11.8 Å². The molecule has 1 heterocycles. The summed E-state index contributed by atoms with van der Waals surface area (Å²) in [4.78, 5) is 48.2. The Hall–Kier alpha value is -3.96. The fourth-order valence-electron chi connectivity index (χ4n) is 3.05. The molecule has 2 aromatic carbocycles. The molecule has 11 heteroatoms. The normalized spacial score (nSPS) is 17.3. The smallest absolute Gasteiger partial charge is 0.375 e. The van der Waals surface area contributed by atoms with Crippen LogP contribution in [0.3, 0.4) is 0 Å². The number of hydrogen-bond acceptors (Lipinski definition) is 10. The molecule has 192 valence electrons. The number of aliphatic hydroxyl groups excluding tert-OH is 1. The summed E-state index contributed by atoms with van der Waals surface area (Å²) in [6.45, 7) is 0. The monoisotopic (exact) mass is 542 g/mol. The summed E-state index contributed by atoms with van der Waals surface area (Å²) in [5.74, 6) is -4.50. The third kappa shape index (κ3) is 6.83. The van der Waals surface area contributed by atoms with Gasteiger partial charge in [-0.1, -0.05) is 36.0 Å². The molecule has 1 atom stereocenters. The second-order valence-electron chi connectivity index (χ2n) is 7.44. The first kappa shape index (κ1) is 27.6. The van der Waals surface area contributed by atoms with Crippen molar-refractivity contribution in [1.82, 2.24) is 0 Å². The van der Waals surface area contributed by atoms with Gasteiger partial charge < -0.3 is 24.4 Å². The topological polar surface area (TPSA) is 136 Å². The molecule has 0 radical (unpaired) electrons. The molecule has 1 aliphatic rings. The summed E-state index contributed by atoms with van der Waals surface area (Å²) >= 11 is 2.04. The average molecular weight is 543 g/mol. The van der Waals surface area contributed by atoms with E-state index in [0.717, 1.165) is 29.1 Å². The zero-order valence-corrected chi connectivity index (χ0v) is 21.3. The highest BCUT2D eigenvalue weighted by Crippen LogP contribution is 2.45. The molecule has 0 bridgehead atoms. The predicted molar refractivity (Wildman–Crippen MR) is 138 cm³/mol. The summed E-state index contributed by atoms with van der Waals surface area (Å²) in [7, 11) is 2.55. The van der Waals surface area contributed by atoms with Gasteiger partial charge in [-0.2, -0.15) is 0 Å². The van der Waals surface area contributed by atoms with E-state index in [1.807, 2.05) is 0 Å². The van der Waals surface area contributed by atoms with Gasteiger partial charge in [0.25, 0.3) is 5.60 Å². The summed E-state index contributed by atoms with van der Waals surface area (Å²) in [5, 5.41) is 20.4. The Morgan fingerprint density at radius 1 is 0.892 bits per heavy atom. The van der Waals surface area contributed by atoms with Crippen LogP contribution >= 0.6 is 23.5 Å². The summed E-state index contributed by atoms with van der Waals surface area (Å²) in [6, 6.07) is 13.6. The van der Waals surface area contributed by atoms with Crippen molar-refractivity contribution in [3.8, 4) is 0 Å². The van der Waals surface area contributed by atoms with Crippen molar-refractivity contribution in [3.63, 3.8) is 0 Å². The van der Waals surface area contributed by atoms with Gasteiger partial charge in [0.05, 0.1) is 24.9 Å². The minimum absolute atomic E-state index is 0.131. The number of aliphatic hydroxyl groups is 1. The van der Waals surface area contributed by atoms with E-state index < -0.39 is 35.2 Å². The molecule has 0 amide bonds. The SMILES string of the molecule is COC(=O)/C=C/c1ccc(SCC2(C(=O)O)OC(=O)C(O)=C2Sc2ccc(/C=C/C(=O)OC)cc2)cc1. The van der Waals surface area contributed by atoms with Gasteiger partial charge in [-0.05, 0) is 47.5 Å². The van der Waals surface area contributed by atoms with Crippen LogP contribution in [0, 0.1) is 0 Å². The highest BCUT2D eigenvalue weighted by atomic mass is 32.2. The van der Waals surface area contributed by atoms with Crippen LogP contribution in [-0.2, 0) is 33.4 Å². The molecule has 1 unspecified atom stereocenters. The molecule has 37 heavy (non-hydrogen) atoms. The maximum Gasteiger partial charge on any atom is 0.375 e. The van der Waals surface area contributed by atoms with Crippen LogP contribution < -0.4 is 0 Å². The first-order valence-electron chi connectivity index (χ1n) is 10.6. The van der Waals surface area contributed by atoms with E-state index in [-0.39, 0.29) is 10.7 Å². The van der Waals surface area contributed by atoms with Crippen LogP contribution in [0.1, 0.15) is 11.1 Å². The quantitative estimate of drug-likeness (QED) is 0.194. The Morgan fingerprint density at radius 3 is 1.84 bits per heavy atom. The van der Waals surface area contributed by atoms with Crippen molar-refractivity contribution in [2.75, 3.05) is 20.0 Å². The maximum absolute atomic E-state index is 12.3. The fraction of sp³-hybridized carbons (Fsp3) is 0.154. The standard InChI is InChI=1S/C26H22O9S2/c1-33-20(27)13-7-16-3-9-18(10-4-16)36-15-26(25(31)32)23(22(29)24(30)35-26)37-19-11-5-17(6-12-19)8-14-21(28)34-2/h3-14,29H,15H2,1-2H3,(H,31,32)/b13-7+,14-8+. The van der Waals surface area contributed by atoms with E-state index in [9.17, 15) is 29.4 Å². The lowest BCUT2D eigenvalue weighted by Gasteiger charge is -2.25. The molecule has 0 aliphatic carbocycles. The average Bonchev–Trinajstić information content (AvgIpc) is 3.15. The molecular weight excluding hydrogens is 520 g/mol. The van der Waals surface area contributed by atoms with Crippen LogP contribution in [0.5, 0.6) is 0 Å². The number of carbonyl (C=O) groups is 4. The van der Waals surface area contributed by atoms with Crippen molar-refractivity contribution in [1.29, 1.82) is 0 Å². The van der Waals surface area contributed by atoms with Gasteiger partial charge in [-0.3, -0.25) is 0 Å². The lowest BCUT2D eigenvalue weighted by atomic mass is 10.1. The Kier molecular flexibility index (Phi) is 9.20. The molecule has 9 nitrogen and oxygen atoms in total. The van der Waals surface area contributed by atoms with Gasteiger partial charge >= 0.3 is 23.9 Å². The number of thioether (sulfide) groups is 2. The number of hydrogen-bond donors (Lipinski definition) is 2. The van der Waals surface area contributed by atoms with E-state index >= 15 is 0 Å². The van der Waals surface area contributed by atoms with Crippen LogP contribution in [0.15, 0.2) is 81.1 Å². The number of carbonyl (C=O) groups excluding carboxylic acids is 3. The Bertz CT molecular complexity index is 1280. The fourth-order valence-corrected chi connectivity index (χ4v) is 5.23. The van der Waals surface area contributed by atoms with Gasteiger partial charge in [0.1, 0.15) is 0 Å². The summed E-state index contributed by atoms with van der Waals surface area (Å²) in [5.41, 5.74) is -0.672. The van der Waals surface area contributed by atoms with Gasteiger partial charge in [0, 0.05) is 21.9 Å². The van der Waals surface area contributed by atoms with Crippen molar-refractivity contribution in [3.05, 3.63) is 82.5 Å². The number of carboxylic acid groups (broad SMARTS) is 1. The number of methoxy groups -OCH3 is 2. The highest BCUT2D eigenvalue weighted by Gasteiger charge is 2.55. The van der Waals surface area contributed by atoms with Crippen LogP contribution in [0.25, 0.3) is 12.2 Å². The van der Waals surface area contributed by atoms with Crippen molar-refractivity contribution in [2.45, 2.75) is 15.4 Å². The molecule has 0 aromatic heterocycles. The van der Waals surface area contributed by atoms with E-state index in [0.29, 0.717) is 15.4 Å². The van der Waals surface area contributed by atoms with Gasteiger partial charge in [-0.25, -0.2) is 19.2 Å². The summed E-state index contributed by atoms with van der Waals surface area (Å²) in [6.07, 6.45) is 5.66. The number of cyclic esters (lactones) is 1. The lowest BCUT2D eigenvalue weighted by Crippen LogP contribution is -2.43. The Balaban J connectivity index is 1.78. The molecule has 1 aliphatic heterocycles. The third-order valence-corrected chi connectivity index (χ3v) is 7.43. The molecule has 0 saturated heterocycles. The lowest BCUT2D eigenvalue weighted by molar-refractivity contribution is -0.165. The second kappa shape index (κ2) is 12.3. The van der Waals surface area contributed by atoms with E-state index in [1.165, 1.54) is 26.4 Å². The van der Waals surface area contributed by atoms with Crippen molar-refractivity contribution >= 4 is 59.6 Å². The predicted octanol–water partition coefficient (Wildman–Crippen LogP) is 4.09. The van der Waals surface area contributed by atoms with Gasteiger partial charge in [0.15, 0.2) is 0 Å². The zero-order chi connectivity index (χ0) is 27.0. The number of benzene rings is 2. The summed E-state index contributed by atoms with van der Waals surface area (Å²) < 4.78 is 14.3. The molecule has 0 spiro atoms. The third-order valence-electron chi connectivity index (χ3n) is 5.04. The highest BCUT2D eigenvalue weighted by molar-refractivity contribution is 8.03. The molecule has 0 fully saturated rings. The number of rotatable bonds is 10. The number of aliphatic carboxylic acids is 1. The number of ether oxygens (including phenoxy) is 3. The van der Waals surface area contributed by atoms with Gasteiger partial charge in [0.2, 0.25) is 5.76 Å². The minimum atomic E-state index is -2.09. The van der Waals surface area contributed by atoms with Crippen LogP contribution in [-0.4, -0.2) is 59.7 Å². The van der Waals surface area contributed by atoms with Crippen molar-refractivity contribution < 1.29 is 43.6 Å². The number of esters is 3. The van der Waals surface area contributed by atoms with Crippen molar-refractivity contribution in [2.24, 2.45) is 0 Å². The molecule has 3 rings (SSSR count). The molecular formula is C26H22O9S2. The number of carboxylic acids is 1. The van der Waals surface area contributed by atoms with E-state index in [2.05, 4.69) is 9.47 Å². The molecule has 2 N–H and O–H groups in total.